The van der Waals surface area contributed by atoms with Crippen LogP contribution in [0.1, 0.15) is 18.1 Å². The summed E-state index contributed by atoms with van der Waals surface area (Å²) >= 11 is 11.9. The van der Waals surface area contributed by atoms with Gasteiger partial charge in [0.1, 0.15) is 17.3 Å². The van der Waals surface area contributed by atoms with Crippen molar-refractivity contribution in [3.63, 3.8) is 0 Å². The standard InChI is InChI=1S/C16H14Cl2N4O3/c17-10-5-8(12(23)6-13(10)24)15-9-7-22(4-2-11(9)21-25-15)14-1-3-19-16(18)20-14/h1,3,5-6,9,15,23-24H,2,4,7H2. The zero-order valence-electron chi connectivity index (χ0n) is 12.9. The molecular formula is C16H14Cl2N4O3. The van der Waals surface area contributed by atoms with Gasteiger partial charge in [-0.1, -0.05) is 16.8 Å². The van der Waals surface area contributed by atoms with Crippen LogP contribution in [0.4, 0.5) is 5.82 Å². The van der Waals surface area contributed by atoms with Gasteiger partial charge in [-0.3, -0.25) is 0 Å². The normalized spacial score (nSPS) is 22.3. The molecule has 0 spiro atoms. The number of anilines is 1. The van der Waals surface area contributed by atoms with E-state index in [-0.39, 0.29) is 27.7 Å². The van der Waals surface area contributed by atoms with Crippen molar-refractivity contribution < 1.29 is 15.1 Å². The zero-order valence-corrected chi connectivity index (χ0v) is 14.4. The molecule has 1 aromatic carbocycles. The number of nitrogens with zero attached hydrogens (tertiary/aromatic N) is 4. The summed E-state index contributed by atoms with van der Waals surface area (Å²) in [6.07, 6.45) is 1.85. The highest BCUT2D eigenvalue weighted by molar-refractivity contribution is 6.32. The summed E-state index contributed by atoms with van der Waals surface area (Å²) < 4.78 is 0. The van der Waals surface area contributed by atoms with Crippen molar-refractivity contribution >= 4 is 34.7 Å². The molecule has 0 radical (unpaired) electrons. The third-order valence-electron chi connectivity index (χ3n) is 4.47. The molecule has 0 saturated carbocycles. The molecule has 0 bridgehead atoms. The SMILES string of the molecule is Oc1cc(O)c(C2ON=C3CCN(c4ccnc(Cl)n4)CC32)cc1Cl. The van der Waals surface area contributed by atoms with Crippen LogP contribution in [0.25, 0.3) is 0 Å². The van der Waals surface area contributed by atoms with Gasteiger partial charge >= 0.3 is 0 Å². The summed E-state index contributed by atoms with van der Waals surface area (Å²) in [4.78, 5) is 15.8. The first kappa shape index (κ1) is 16.2. The van der Waals surface area contributed by atoms with Gasteiger partial charge in [0.05, 0.1) is 16.7 Å². The van der Waals surface area contributed by atoms with E-state index in [1.54, 1.807) is 12.3 Å². The number of benzene rings is 1. The second-order valence-electron chi connectivity index (χ2n) is 5.96. The van der Waals surface area contributed by atoms with E-state index in [1.807, 2.05) is 0 Å². The molecule has 130 valence electrons. The molecule has 7 nitrogen and oxygen atoms in total. The Morgan fingerprint density at radius 2 is 2.04 bits per heavy atom. The lowest BCUT2D eigenvalue weighted by atomic mass is 9.87. The van der Waals surface area contributed by atoms with Gasteiger partial charge in [0.2, 0.25) is 5.28 Å². The number of piperidine rings is 1. The van der Waals surface area contributed by atoms with Gasteiger partial charge in [-0.2, -0.15) is 0 Å². The minimum atomic E-state index is -0.479. The fraction of sp³-hybridized carbons (Fsp3) is 0.312. The monoisotopic (exact) mass is 380 g/mol. The molecule has 0 aliphatic carbocycles. The maximum atomic E-state index is 10.2. The van der Waals surface area contributed by atoms with Crippen LogP contribution >= 0.6 is 23.2 Å². The predicted octanol–water partition coefficient (Wildman–Crippen LogP) is 3.15. The van der Waals surface area contributed by atoms with E-state index in [1.165, 1.54) is 12.1 Å². The minimum Gasteiger partial charge on any atom is -0.507 e. The van der Waals surface area contributed by atoms with E-state index in [9.17, 15) is 10.2 Å². The molecule has 3 heterocycles. The van der Waals surface area contributed by atoms with Gasteiger partial charge in [0.15, 0.2) is 6.10 Å². The Morgan fingerprint density at radius 1 is 1.20 bits per heavy atom. The topological polar surface area (TPSA) is 91.1 Å². The number of rotatable bonds is 2. The third kappa shape index (κ3) is 2.94. The fourth-order valence-corrected chi connectivity index (χ4v) is 3.54. The Bertz CT molecular complexity index is 861. The number of hydrogen-bond acceptors (Lipinski definition) is 7. The summed E-state index contributed by atoms with van der Waals surface area (Å²) in [5.74, 6) is 0.417. The highest BCUT2D eigenvalue weighted by Gasteiger charge is 2.41. The molecule has 2 aliphatic rings. The highest BCUT2D eigenvalue weighted by Crippen LogP contribution is 2.43. The van der Waals surface area contributed by atoms with Crippen LogP contribution in [-0.2, 0) is 4.84 Å². The molecule has 0 amide bonds. The first-order chi connectivity index (χ1) is 12.0. The van der Waals surface area contributed by atoms with Gasteiger partial charge in [-0.15, -0.1) is 0 Å². The van der Waals surface area contributed by atoms with E-state index >= 15 is 0 Å². The second kappa shape index (κ2) is 6.24. The molecule has 2 aromatic rings. The lowest BCUT2D eigenvalue weighted by Gasteiger charge is -2.33. The molecule has 1 aromatic heterocycles. The van der Waals surface area contributed by atoms with Gasteiger partial charge in [-0.25, -0.2) is 9.97 Å². The molecule has 2 atom stereocenters. The van der Waals surface area contributed by atoms with Crippen molar-refractivity contribution in [2.75, 3.05) is 18.0 Å². The summed E-state index contributed by atoms with van der Waals surface area (Å²) in [5, 5.41) is 24.3. The summed E-state index contributed by atoms with van der Waals surface area (Å²) in [7, 11) is 0. The van der Waals surface area contributed by atoms with Crippen LogP contribution in [0.3, 0.4) is 0 Å². The van der Waals surface area contributed by atoms with E-state index in [0.717, 1.165) is 24.5 Å². The first-order valence-electron chi connectivity index (χ1n) is 7.70. The molecule has 4 rings (SSSR count). The largest absolute Gasteiger partial charge is 0.507 e. The summed E-state index contributed by atoms with van der Waals surface area (Å²) in [6, 6.07) is 4.52. The van der Waals surface area contributed by atoms with Crippen molar-refractivity contribution in [2.24, 2.45) is 11.1 Å². The second-order valence-corrected chi connectivity index (χ2v) is 6.70. The first-order valence-corrected chi connectivity index (χ1v) is 8.46. The number of aromatic hydroxyl groups is 2. The van der Waals surface area contributed by atoms with Crippen molar-refractivity contribution in [1.29, 1.82) is 0 Å². The predicted molar refractivity (Wildman–Crippen MR) is 93.4 cm³/mol. The lowest BCUT2D eigenvalue weighted by molar-refractivity contribution is 0.0608. The van der Waals surface area contributed by atoms with Crippen molar-refractivity contribution in [3.8, 4) is 11.5 Å². The highest BCUT2D eigenvalue weighted by atomic mass is 35.5. The van der Waals surface area contributed by atoms with Crippen molar-refractivity contribution in [3.05, 3.63) is 40.3 Å². The van der Waals surface area contributed by atoms with Crippen LogP contribution in [0.15, 0.2) is 29.6 Å². The Labute approximate surface area is 153 Å². The summed E-state index contributed by atoms with van der Waals surface area (Å²) in [6.45, 7) is 1.34. The lowest BCUT2D eigenvalue weighted by Crippen LogP contribution is -2.41. The van der Waals surface area contributed by atoms with E-state index < -0.39 is 6.10 Å². The average Bonchev–Trinajstić information content (AvgIpc) is 3.01. The quantitative estimate of drug-likeness (QED) is 0.777. The van der Waals surface area contributed by atoms with Gasteiger partial charge in [-0.05, 0) is 23.7 Å². The van der Waals surface area contributed by atoms with Gasteiger partial charge in [0, 0.05) is 37.3 Å². The molecule has 2 aliphatic heterocycles. The Morgan fingerprint density at radius 3 is 2.84 bits per heavy atom. The smallest absolute Gasteiger partial charge is 0.224 e. The number of oxime groups is 1. The van der Waals surface area contributed by atoms with E-state index in [4.69, 9.17) is 28.0 Å². The van der Waals surface area contributed by atoms with E-state index in [2.05, 4.69) is 20.0 Å². The molecule has 1 saturated heterocycles. The number of fused-ring (bicyclic) bond motifs is 1. The van der Waals surface area contributed by atoms with Gasteiger partial charge in [0.25, 0.3) is 0 Å². The van der Waals surface area contributed by atoms with Crippen LogP contribution in [0, 0.1) is 5.92 Å². The molecule has 2 N–H and O–H groups in total. The maximum Gasteiger partial charge on any atom is 0.224 e. The Hall–Kier alpha value is -2.25. The van der Waals surface area contributed by atoms with Crippen LogP contribution < -0.4 is 4.90 Å². The molecule has 25 heavy (non-hydrogen) atoms. The third-order valence-corrected chi connectivity index (χ3v) is 4.95. The number of hydrogen-bond donors (Lipinski definition) is 2. The maximum absolute atomic E-state index is 10.2. The van der Waals surface area contributed by atoms with E-state index in [0.29, 0.717) is 12.1 Å². The number of phenols is 2. The van der Waals surface area contributed by atoms with Gasteiger partial charge < -0.3 is 20.0 Å². The molecular weight excluding hydrogens is 367 g/mol. The fourth-order valence-electron chi connectivity index (χ4n) is 3.23. The van der Waals surface area contributed by atoms with Crippen LogP contribution in [0.2, 0.25) is 10.3 Å². The number of aromatic nitrogens is 2. The van der Waals surface area contributed by atoms with Crippen LogP contribution in [0.5, 0.6) is 11.5 Å². The minimum absolute atomic E-state index is 0.0611. The molecule has 2 unspecified atom stereocenters. The average molecular weight is 381 g/mol. The zero-order chi connectivity index (χ0) is 17.6. The number of halogens is 2. The van der Waals surface area contributed by atoms with Crippen molar-refractivity contribution in [2.45, 2.75) is 12.5 Å². The Balaban J connectivity index is 1.62. The molecule has 1 fully saturated rings. The summed E-state index contributed by atoms with van der Waals surface area (Å²) in [5.41, 5.74) is 1.43. The number of phenolic OH excluding ortho intramolecular Hbond substituents is 2. The molecule has 9 heteroatoms. The van der Waals surface area contributed by atoms with Crippen LogP contribution in [-0.4, -0.2) is 39.0 Å². The Kier molecular flexibility index (Phi) is 4.05. The van der Waals surface area contributed by atoms with Crippen molar-refractivity contribution in [1.82, 2.24) is 9.97 Å².